The quantitative estimate of drug-likeness (QED) is 0.547. The summed E-state index contributed by atoms with van der Waals surface area (Å²) in [5.41, 5.74) is 1.29. The molecule has 1 aromatic rings. The van der Waals surface area contributed by atoms with E-state index in [4.69, 9.17) is 18.1 Å². The topological polar surface area (TPSA) is 0 Å². The largest absolute Gasteiger partial charge is 0.618 e. The van der Waals surface area contributed by atoms with E-state index in [1.165, 1.54) is 5.56 Å². The summed E-state index contributed by atoms with van der Waals surface area (Å²) in [6.45, 7) is 2.06. The maximum absolute atomic E-state index is 4.90. The Morgan fingerprint density at radius 3 is 1.90 bits per heavy atom. The average Bonchev–Trinajstić information content (AvgIpc) is 1.91. The Labute approximate surface area is 78.8 Å². The lowest BCUT2D eigenvalue weighted by molar-refractivity contribution is 1.47. The van der Waals surface area contributed by atoms with Gasteiger partial charge in [-0.2, -0.15) is 0 Å². The molecule has 1 aromatic carbocycles. The zero-order valence-electron chi connectivity index (χ0n) is 5.77. The lowest BCUT2D eigenvalue weighted by Crippen LogP contribution is -1.63. The molecular formula is C7H7Cl2Mg. The van der Waals surface area contributed by atoms with Crippen LogP contribution in [-0.2, 0) is 0 Å². The van der Waals surface area contributed by atoms with Gasteiger partial charge in [-0.25, -0.2) is 0 Å². The summed E-state index contributed by atoms with van der Waals surface area (Å²) < 4.78 is 0. The predicted molar refractivity (Wildman–Crippen MR) is 47.5 cm³/mol. The smallest absolute Gasteiger partial charge is 0.309 e. The van der Waals surface area contributed by atoms with Crippen LogP contribution in [0, 0.1) is 13.0 Å². The van der Waals surface area contributed by atoms with E-state index in [0.717, 1.165) is 0 Å². The van der Waals surface area contributed by atoms with Gasteiger partial charge in [-0.15, -0.1) is 0 Å². The first-order valence-corrected chi connectivity index (χ1v) is 7.13. The molecule has 0 fully saturated rings. The Balaban J connectivity index is 0.000000236. The minimum Gasteiger partial charge on any atom is -0.309 e. The molecule has 0 aliphatic heterocycles. The van der Waals surface area contributed by atoms with E-state index in [2.05, 4.69) is 13.0 Å². The highest BCUT2D eigenvalue weighted by molar-refractivity contribution is 7.22. The highest BCUT2D eigenvalue weighted by Gasteiger charge is 1.72. The Bertz CT molecular complexity index is 153. The third-order valence-electron chi connectivity index (χ3n) is 0.885. The van der Waals surface area contributed by atoms with Gasteiger partial charge in [-0.3, -0.25) is 0 Å². The molecule has 1 rings (SSSR count). The summed E-state index contributed by atoms with van der Waals surface area (Å²) in [4.78, 5) is 0. The van der Waals surface area contributed by atoms with Crippen LogP contribution in [0.25, 0.3) is 0 Å². The molecule has 0 nitrogen and oxygen atoms in total. The summed E-state index contributed by atoms with van der Waals surface area (Å²) in [5, 5.41) is 0. The van der Waals surface area contributed by atoms with E-state index >= 15 is 0 Å². The molecule has 0 aliphatic carbocycles. The van der Waals surface area contributed by atoms with Gasteiger partial charge in [0.15, 0.2) is 0 Å². The van der Waals surface area contributed by atoms with Crippen LogP contribution in [0.15, 0.2) is 24.3 Å². The van der Waals surface area contributed by atoms with Crippen molar-refractivity contribution in [2.24, 2.45) is 0 Å². The van der Waals surface area contributed by atoms with Crippen molar-refractivity contribution >= 4 is 36.3 Å². The van der Waals surface area contributed by atoms with Gasteiger partial charge in [-0.05, 0) is 13.0 Å². The molecule has 0 unspecified atom stereocenters. The first-order valence-electron chi connectivity index (χ1n) is 2.86. The molecule has 0 saturated carbocycles. The maximum Gasteiger partial charge on any atom is 0.618 e. The van der Waals surface area contributed by atoms with Gasteiger partial charge in [0.2, 0.25) is 0 Å². The highest BCUT2D eigenvalue weighted by atomic mass is 35.6. The molecule has 0 saturated heterocycles. The van der Waals surface area contributed by atoms with Crippen LogP contribution in [-0.4, -0.2) is 18.2 Å². The molecule has 0 aliphatic rings. The fraction of sp³-hybridized carbons (Fsp3) is 0.143. The molecule has 0 N–H and O–H groups in total. The molecule has 0 atom stereocenters. The Kier molecular flexibility index (Phi) is 8.11. The van der Waals surface area contributed by atoms with Gasteiger partial charge in [-0.1, -0.05) is 29.8 Å². The van der Waals surface area contributed by atoms with Crippen LogP contribution < -0.4 is 0 Å². The number of hydrogen-bond acceptors (Lipinski definition) is 0. The second-order valence-corrected chi connectivity index (χ2v) is 4.30. The van der Waals surface area contributed by atoms with Crippen molar-refractivity contribution in [2.45, 2.75) is 6.92 Å². The first kappa shape index (κ1) is 10.6. The van der Waals surface area contributed by atoms with Crippen LogP contribution >= 0.6 is 18.1 Å². The Morgan fingerprint density at radius 2 is 1.70 bits per heavy atom. The van der Waals surface area contributed by atoms with Gasteiger partial charge < -0.3 is 18.1 Å². The van der Waals surface area contributed by atoms with Crippen molar-refractivity contribution in [1.29, 1.82) is 0 Å². The summed E-state index contributed by atoms with van der Waals surface area (Å²) >= 11 is -0.639. The number of halogens is 2. The molecule has 10 heavy (non-hydrogen) atoms. The average molecular weight is 186 g/mol. The lowest BCUT2D eigenvalue weighted by Gasteiger charge is -1.82. The summed E-state index contributed by atoms with van der Waals surface area (Å²) in [6, 6.07) is 10.8. The van der Waals surface area contributed by atoms with Crippen molar-refractivity contribution in [1.82, 2.24) is 0 Å². The van der Waals surface area contributed by atoms with Crippen molar-refractivity contribution in [3.63, 3.8) is 0 Å². The molecule has 0 heterocycles. The molecular weight excluding hydrogens is 179 g/mol. The molecule has 51 valence electrons. The fourth-order valence-corrected chi connectivity index (χ4v) is 0.470. The molecule has 0 bridgehead atoms. The molecule has 0 spiro atoms. The monoisotopic (exact) mass is 185 g/mol. The molecule has 3 heteroatoms. The normalized spacial score (nSPS) is 7.10. The van der Waals surface area contributed by atoms with E-state index in [9.17, 15) is 0 Å². The third kappa shape index (κ3) is 6.68. The van der Waals surface area contributed by atoms with Gasteiger partial charge in [0.25, 0.3) is 0 Å². The predicted octanol–water partition coefficient (Wildman–Crippen LogP) is 2.79. The van der Waals surface area contributed by atoms with Crippen molar-refractivity contribution in [2.75, 3.05) is 0 Å². The molecule has 0 amide bonds. The van der Waals surface area contributed by atoms with E-state index in [1.807, 2.05) is 24.3 Å². The van der Waals surface area contributed by atoms with Crippen LogP contribution in [0.5, 0.6) is 0 Å². The van der Waals surface area contributed by atoms with Crippen LogP contribution in [0.4, 0.5) is 0 Å². The van der Waals surface area contributed by atoms with E-state index in [-0.39, 0.29) is 0 Å². The SMILES string of the molecule is Cc1cc[c]cc1.[Cl][Mg][Cl]. The van der Waals surface area contributed by atoms with Gasteiger partial charge in [0, 0.05) is 0 Å². The summed E-state index contributed by atoms with van der Waals surface area (Å²) in [6.07, 6.45) is 0. The molecule has 0 aromatic heterocycles. The summed E-state index contributed by atoms with van der Waals surface area (Å²) in [7, 11) is 9.81. The zero-order chi connectivity index (χ0) is 7.82. The maximum atomic E-state index is 4.90. The van der Waals surface area contributed by atoms with E-state index in [1.54, 1.807) is 0 Å². The Morgan fingerprint density at radius 1 is 1.30 bits per heavy atom. The zero-order valence-corrected chi connectivity index (χ0v) is 8.70. The van der Waals surface area contributed by atoms with Crippen LogP contribution in [0.1, 0.15) is 5.56 Å². The van der Waals surface area contributed by atoms with Gasteiger partial charge >= 0.3 is 18.2 Å². The minimum atomic E-state index is -0.639. The van der Waals surface area contributed by atoms with Crippen LogP contribution in [0.2, 0.25) is 0 Å². The van der Waals surface area contributed by atoms with E-state index in [0.29, 0.717) is 0 Å². The number of rotatable bonds is 0. The van der Waals surface area contributed by atoms with Crippen LogP contribution in [0.3, 0.4) is 0 Å². The number of hydrogen-bond donors (Lipinski definition) is 0. The van der Waals surface area contributed by atoms with Gasteiger partial charge in [0.05, 0.1) is 0 Å². The third-order valence-corrected chi connectivity index (χ3v) is 0.885. The van der Waals surface area contributed by atoms with Crippen molar-refractivity contribution < 1.29 is 0 Å². The highest BCUT2D eigenvalue weighted by Crippen LogP contribution is 1.91. The standard InChI is InChI=1S/C7H7.2ClH.Mg/c1-7-5-3-2-4-6-7;;;/h3-6H,1H3;2*1H;/q;;;+2/p-2. The fourth-order valence-electron chi connectivity index (χ4n) is 0.470. The minimum absolute atomic E-state index is 0.639. The Hall–Kier alpha value is 0.566. The number of aryl methyl sites for hydroxylation is 1. The number of benzene rings is 1. The van der Waals surface area contributed by atoms with Crippen molar-refractivity contribution in [3.8, 4) is 0 Å². The second kappa shape index (κ2) is 7.67. The molecule has 1 radical (unpaired) electrons. The van der Waals surface area contributed by atoms with Gasteiger partial charge in [0.1, 0.15) is 0 Å². The lowest BCUT2D eigenvalue weighted by atomic mass is 10.2. The van der Waals surface area contributed by atoms with Crippen molar-refractivity contribution in [3.05, 3.63) is 35.9 Å². The second-order valence-electron chi connectivity index (χ2n) is 1.68. The first-order chi connectivity index (χ1) is 4.81. The summed E-state index contributed by atoms with van der Waals surface area (Å²) in [5.74, 6) is 0. The van der Waals surface area contributed by atoms with E-state index < -0.39 is 18.2 Å².